The molecule has 1 N–H and O–H groups in total. The van der Waals surface area contributed by atoms with Crippen LogP contribution in [0.25, 0.3) is 0 Å². The number of rotatable bonds is 12. The lowest BCUT2D eigenvalue weighted by Gasteiger charge is -2.45. The van der Waals surface area contributed by atoms with Gasteiger partial charge in [-0.05, 0) is 125 Å². The van der Waals surface area contributed by atoms with Crippen molar-refractivity contribution in [1.29, 1.82) is 0 Å². The molecule has 0 fully saturated rings. The van der Waals surface area contributed by atoms with E-state index in [1.165, 1.54) is 19.3 Å². The third-order valence-electron chi connectivity index (χ3n) is 11.3. The van der Waals surface area contributed by atoms with Crippen molar-refractivity contribution in [3.05, 3.63) is 83.2 Å². The molecule has 0 saturated heterocycles. The minimum atomic E-state index is -0.659. The topological polar surface area (TPSA) is 47.0 Å². The average Bonchev–Trinajstić information content (AvgIpc) is 3.03. The predicted molar refractivity (Wildman–Crippen MR) is 208 cm³/mol. The molecule has 0 amide bonds. The first-order chi connectivity index (χ1) is 22.8. The summed E-state index contributed by atoms with van der Waals surface area (Å²) in [6, 6.07) is 16.8. The van der Waals surface area contributed by atoms with Crippen LogP contribution in [0.1, 0.15) is 144 Å². The van der Waals surface area contributed by atoms with Crippen LogP contribution in [-0.4, -0.2) is 51.4 Å². The zero-order chi connectivity index (χ0) is 36.4. The number of nitrogens with zero attached hydrogens (tertiary/aromatic N) is 3. The van der Waals surface area contributed by atoms with Gasteiger partial charge in [0.05, 0.1) is 0 Å². The second kappa shape index (κ2) is 15.1. The summed E-state index contributed by atoms with van der Waals surface area (Å²) >= 11 is 0. The maximum atomic E-state index is 14.0. The molecular formula is C44H67N3O2. The lowest BCUT2D eigenvalue weighted by atomic mass is 9.75. The molecule has 2 unspecified atom stereocenters. The number of ketones is 1. The highest BCUT2D eigenvalue weighted by Crippen LogP contribution is 2.44. The number of allylic oxidation sites excluding steroid dienone is 1. The Morgan fingerprint density at radius 3 is 1.82 bits per heavy atom. The Bertz CT molecular complexity index is 1470. The van der Waals surface area contributed by atoms with Crippen LogP contribution in [0, 0.1) is 16.7 Å². The van der Waals surface area contributed by atoms with Gasteiger partial charge in [0.25, 0.3) is 0 Å². The van der Waals surface area contributed by atoms with Crippen molar-refractivity contribution in [1.82, 2.24) is 9.80 Å². The first kappa shape index (κ1) is 38.7. The number of Topliss-reactive ketones (excluding diaryl/α,β-unsaturated/α-hetero) is 1. The van der Waals surface area contributed by atoms with Gasteiger partial charge in [-0.25, -0.2) is 0 Å². The normalized spacial score (nSPS) is 19.2. The molecule has 4 rings (SSSR count). The van der Waals surface area contributed by atoms with Gasteiger partial charge in [0, 0.05) is 65.6 Å². The Labute approximate surface area is 299 Å². The molecule has 0 saturated carbocycles. The van der Waals surface area contributed by atoms with Crippen LogP contribution >= 0.6 is 0 Å². The van der Waals surface area contributed by atoms with Crippen LogP contribution in [0.15, 0.2) is 72.1 Å². The number of unbranched alkanes of at least 4 members (excludes halogenated alkanes) is 1. The van der Waals surface area contributed by atoms with E-state index in [1.807, 2.05) is 12.1 Å². The van der Waals surface area contributed by atoms with Crippen molar-refractivity contribution >= 4 is 17.2 Å². The monoisotopic (exact) mass is 670 g/mol. The zero-order valence-corrected chi connectivity index (χ0v) is 33.0. The number of carbonyl (C=O) groups is 1. The van der Waals surface area contributed by atoms with Gasteiger partial charge < -0.3 is 19.8 Å². The fraction of sp³-hybridized carbons (Fsp3) is 0.614. The quantitative estimate of drug-likeness (QED) is 0.228. The molecule has 0 aliphatic carbocycles. The number of anilines is 2. The van der Waals surface area contributed by atoms with Gasteiger partial charge in [0.15, 0.2) is 5.78 Å². The molecule has 2 aromatic rings. The smallest absolute Gasteiger partial charge is 0.191 e. The molecule has 49 heavy (non-hydrogen) atoms. The summed E-state index contributed by atoms with van der Waals surface area (Å²) in [4.78, 5) is 21.1. The van der Waals surface area contributed by atoms with Gasteiger partial charge in [-0.1, -0.05) is 72.9 Å². The molecule has 2 aliphatic rings. The van der Waals surface area contributed by atoms with Crippen molar-refractivity contribution in [3.63, 3.8) is 0 Å². The SMILES string of the molecule is CCCCC(CC)CN(c1ccc(C(=O)C2=CN(C(C)(C)C)CCC2(C)C)cc1)c1ccc(C(O)C2=CN(C(C)(C)C)CCC2(C)C)cc1. The standard InChI is InChI=1S/C44H67N3O2/c1-13-15-16-32(14-2)29-47(35-21-17-33(18-22-35)39(48)37-30-45(41(3,4)5)27-25-43(37,9)10)36-23-19-34(20-24-36)40(49)38-31-46(42(6,7)8)28-26-44(38,11)12/h17-24,30-32,39,48H,13-16,25-29H2,1-12H3. The largest absolute Gasteiger partial charge is 0.384 e. The van der Waals surface area contributed by atoms with Crippen LogP contribution in [-0.2, 0) is 0 Å². The maximum absolute atomic E-state index is 14.0. The van der Waals surface area contributed by atoms with Crippen LogP contribution in [0.4, 0.5) is 11.4 Å². The van der Waals surface area contributed by atoms with E-state index in [0.29, 0.717) is 5.92 Å². The summed E-state index contributed by atoms with van der Waals surface area (Å²) in [6.45, 7) is 29.6. The van der Waals surface area contributed by atoms with Gasteiger partial charge in [-0.2, -0.15) is 0 Å². The zero-order valence-electron chi connectivity index (χ0n) is 33.0. The van der Waals surface area contributed by atoms with E-state index in [1.54, 1.807) is 0 Å². The molecule has 2 aromatic carbocycles. The van der Waals surface area contributed by atoms with E-state index in [0.717, 1.165) is 72.5 Å². The van der Waals surface area contributed by atoms with Gasteiger partial charge in [-0.15, -0.1) is 0 Å². The minimum absolute atomic E-state index is 0.00983. The lowest BCUT2D eigenvalue weighted by Crippen LogP contribution is -2.44. The van der Waals surface area contributed by atoms with Gasteiger partial charge >= 0.3 is 0 Å². The van der Waals surface area contributed by atoms with E-state index in [4.69, 9.17) is 0 Å². The van der Waals surface area contributed by atoms with E-state index in [2.05, 4.69) is 147 Å². The summed E-state index contributed by atoms with van der Waals surface area (Å²) in [5.41, 5.74) is 5.56. The van der Waals surface area contributed by atoms with Crippen molar-refractivity contribution in [3.8, 4) is 0 Å². The summed E-state index contributed by atoms with van der Waals surface area (Å²) < 4.78 is 0. The highest BCUT2D eigenvalue weighted by Gasteiger charge is 2.37. The van der Waals surface area contributed by atoms with Crippen molar-refractivity contribution in [2.75, 3.05) is 24.5 Å². The van der Waals surface area contributed by atoms with E-state index < -0.39 is 6.10 Å². The van der Waals surface area contributed by atoms with E-state index in [-0.39, 0.29) is 27.7 Å². The molecule has 270 valence electrons. The Hall–Kier alpha value is -3.05. The number of benzene rings is 2. The number of aliphatic hydroxyl groups is 1. The summed E-state index contributed by atoms with van der Waals surface area (Å²) in [5, 5.41) is 11.7. The molecule has 0 spiro atoms. The first-order valence-corrected chi connectivity index (χ1v) is 19.0. The molecule has 0 radical (unpaired) electrons. The fourth-order valence-corrected chi connectivity index (χ4v) is 7.25. The lowest BCUT2D eigenvalue weighted by molar-refractivity contribution is 0.0964. The highest BCUT2D eigenvalue weighted by atomic mass is 16.3. The average molecular weight is 670 g/mol. The van der Waals surface area contributed by atoms with Crippen molar-refractivity contribution in [2.45, 2.75) is 139 Å². The molecule has 2 atom stereocenters. The molecule has 2 aliphatic heterocycles. The third-order valence-corrected chi connectivity index (χ3v) is 11.3. The van der Waals surface area contributed by atoms with Crippen LogP contribution in [0.2, 0.25) is 0 Å². The summed E-state index contributed by atoms with van der Waals surface area (Å²) in [7, 11) is 0. The molecule has 5 heteroatoms. The van der Waals surface area contributed by atoms with Crippen molar-refractivity contribution in [2.24, 2.45) is 16.7 Å². The first-order valence-electron chi connectivity index (χ1n) is 19.0. The van der Waals surface area contributed by atoms with E-state index >= 15 is 0 Å². The summed E-state index contributed by atoms with van der Waals surface area (Å²) in [6.07, 6.45) is 10.4. The Balaban J connectivity index is 1.65. The molecule has 5 nitrogen and oxygen atoms in total. The van der Waals surface area contributed by atoms with Crippen LogP contribution in [0.5, 0.6) is 0 Å². The van der Waals surface area contributed by atoms with Gasteiger partial charge in [0.2, 0.25) is 0 Å². The molecular weight excluding hydrogens is 603 g/mol. The fourth-order valence-electron chi connectivity index (χ4n) is 7.25. The third kappa shape index (κ3) is 9.20. The minimum Gasteiger partial charge on any atom is -0.384 e. The second-order valence-corrected chi connectivity index (χ2v) is 18.0. The summed E-state index contributed by atoms with van der Waals surface area (Å²) in [5.74, 6) is 0.675. The Morgan fingerprint density at radius 2 is 1.31 bits per heavy atom. The van der Waals surface area contributed by atoms with Crippen LogP contribution < -0.4 is 4.90 Å². The maximum Gasteiger partial charge on any atom is 0.191 e. The molecule has 0 bridgehead atoms. The van der Waals surface area contributed by atoms with Crippen LogP contribution in [0.3, 0.4) is 0 Å². The van der Waals surface area contributed by atoms with Gasteiger partial charge in [-0.3, -0.25) is 4.79 Å². The van der Waals surface area contributed by atoms with Crippen molar-refractivity contribution < 1.29 is 9.90 Å². The number of carbonyl (C=O) groups excluding carboxylic acids is 1. The molecule has 2 heterocycles. The highest BCUT2D eigenvalue weighted by molar-refractivity contribution is 6.09. The number of hydrogen-bond acceptors (Lipinski definition) is 5. The number of hydrogen-bond donors (Lipinski definition) is 1. The van der Waals surface area contributed by atoms with Gasteiger partial charge in [0.1, 0.15) is 6.10 Å². The molecule has 0 aromatic heterocycles. The number of aliphatic hydroxyl groups excluding tert-OH is 1. The second-order valence-electron chi connectivity index (χ2n) is 18.0. The Morgan fingerprint density at radius 1 is 0.796 bits per heavy atom. The predicted octanol–water partition coefficient (Wildman–Crippen LogP) is 11.1. The van der Waals surface area contributed by atoms with E-state index in [9.17, 15) is 9.90 Å². The Kier molecular flexibility index (Phi) is 11.9.